The molecule has 0 amide bonds. The summed E-state index contributed by atoms with van der Waals surface area (Å²) >= 11 is 0. The monoisotopic (exact) mass is 253 g/mol. The minimum Gasteiger partial charge on any atom is -0.307 e. The van der Waals surface area contributed by atoms with Crippen LogP contribution in [0.25, 0.3) is 0 Å². The van der Waals surface area contributed by atoms with Crippen LogP contribution in [-0.2, 0) is 25.9 Å². The lowest BCUT2D eigenvalue weighted by atomic mass is 10.1. The van der Waals surface area contributed by atoms with Gasteiger partial charge in [0.15, 0.2) is 0 Å². The Morgan fingerprint density at radius 2 is 1.95 bits per heavy atom. The van der Waals surface area contributed by atoms with Crippen molar-refractivity contribution in [2.45, 2.75) is 39.3 Å². The van der Waals surface area contributed by atoms with E-state index in [0.717, 1.165) is 24.5 Å². The molecule has 1 heterocycles. The van der Waals surface area contributed by atoms with Crippen LogP contribution < -0.4 is 5.32 Å². The quantitative estimate of drug-likeness (QED) is 0.910. The topological polar surface area (TPSA) is 37.8 Å². The number of aromatic nitrogens is 2. The van der Waals surface area contributed by atoms with Crippen LogP contribution in [0.3, 0.4) is 0 Å². The van der Waals surface area contributed by atoms with E-state index in [-0.39, 0.29) is 0 Å². The average molecular weight is 253 g/mol. The van der Waals surface area contributed by atoms with Crippen LogP contribution >= 0.6 is 0 Å². The third kappa shape index (κ3) is 2.99. The highest BCUT2D eigenvalue weighted by Crippen LogP contribution is 2.22. The normalized spacial score (nSPS) is 13.5. The van der Waals surface area contributed by atoms with Crippen molar-refractivity contribution in [3.05, 3.63) is 58.7 Å². The first-order valence-electron chi connectivity index (χ1n) is 6.90. The molecule has 0 atom stereocenters. The Balaban J connectivity index is 1.56. The van der Waals surface area contributed by atoms with E-state index >= 15 is 0 Å². The van der Waals surface area contributed by atoms with Crippen LogP contribution in [0.4, 0.5) is 0 Å². The van der Waals surface area contributed by atoms with Gasteiger partial charge in [0.1, 0.15) is 0 Å². The first kappa shape index (κ1) is 12.3. The molecule has 0 aliphatic heterocycles. The van der Waals surface area contributed by atoms with Gasteiger partial charge in [-0.3, -0.25) is 9.97 Å². The van der Waals surface area contributed by atoms with Gasteiger partial charge in [0, 0.05) is 25.5 Å². The Bertz CT molecular complexity index is 561. The van der Waals surface area contributed by atoms with Crippen molar-refractivity contribution >= 4 is 0 Å². The molecule has 0 fully saturated rings. The summed E-state index contributed by atoms with van der Waals surface area (Å²) in [6, 6.07) is 6.86. The zero-order valence-electron chi connectivity index (χ0n) is 11.3. The molecule has 1 aromatic heterocycles. The maximum atomic E-state index is 4.34. The third-order valence-corrected chi connectivity index (χ3v) is 3.63. The van der Waals surface area contributed by atoms with Gasteiger partial charge in [0.05, 0.1) is 11.4 Å². The summed E-state index contributed by atoms with van der Waals surface area (Å²) in [6.07, 6.45) is 7.46. The molecule has 0 unspecified atom stereocenters. The molecule has 0 bridgehead atoms. The number of fused-ring (bicyclic) bond motifs is 1. The van der Waals surface area contributed by atoms with Crippen molar-refractivity contribution in [2.24, 2.45) is 0 Å². The lowest BCUT2D eigenvalue weighted by molar-refractivity contribution is 0.675. The zero-order chi connectivity index (χ0) is 13.1. The number of rotatable bonds is 4. The molecule has 0 saturated heterocycles. The van der Waals surface area contributed by atoms with Crippen molar-refractivity contribution < 1.29 is 0 Å². The molecule has 1 N–H and O–H groups in total. The van der Waals surface area contributed by atoms with E-state index < -0.39 is 0 Å². The highest BCUT2D eigenvalue weighted by Gasteiger charge is 2.10. The largest absolute Gasteiger partial charge is 0.307 e. The number of aryl methyl sites for hydroxylation is 3. The summed E-state index contributed by atoms with van der Waals surface area (Å²) in [5, 5.41) is 3.43. The molecule has 0 spiro atoms. The summed E-state index contributed by atoms with van der Waals surface area (Å²) in [7, 11) is 0. The first-order valence-corrected chi connectivity index (χ1v) is 6.90. The number of hydrogen-bond donors (Lipinski definition) is 1. The molecule has 2 aromatic rings. The maximum Gasteiger partial charge on any atom is 0.0724 e. The van der Waals surface area contributed by atoms with Crippen LogP contribution in [0.15, 0.2) is 30.6 Å². The van der Waals surface area contributed by atoms with Gasteiger partial charge >= 0.3 is 0 Å². The molecule has 0 radical (unpaired) electrons. The summed E-state index contributed by atoms with van der Waals surface area (Å²) in [6.45, 7) is 3.61. The molecule has 3 rings (SSSR count). The van der Waals surface area contributed by atoms with E-state index in [0.29, 0.717) is 0 Å². The number of nitrogens with one attached hydrogen (secondary N) is 1. The van der Waals surface area contributed by atoms with E-state index in [9.17, 15) is 0 Å². The Labute approximate surface area is 114 Å². The smallest absolute Gasteiger partial charge is 0.0724 e. The highest BCUT2D eigenvalue weighted by molar-refractivity contribution is 5.35. The van der Waals surface area contributed by atoms with Crippen molar-refractivity contribution in [1.29, 1.82) is 0 Å². The predicted octanol–water partition coefficient (Wildman–Crippen LogP) is 2.56. The standard InChI is InChI=1S/C16H19N3/c1-12-8-19-16(11-18-12)10-17-9-13-5-6-14-3-2-4-15(14)7-13/h5-8,11,17H,2-4,9-10H2,1H3. The van der Waals surface area contributed by atoms with Gasteiger partial charge in [-0.2, -0.15) is 0 Å². The second kappa shape index (κ2) is 5.49. The lowest BCUT2D eigenvalue weighted by Gasteiger charge is -2.07. The van der Waals surface area contributed by atoms with E-state index in [4.69, 9.17) is 0 Å². The highest BCUT2D eigenvalue weighted by atomic mass is 14.9. The van der Waals surface area contributed by atoms with E-state index in [1.54, 1.807) is 0 Å². The molecular weight excluding hydrogens is 234 g/mol. The molecule has 0 saturated carbocycles. The van der Waals surface area contributed by atoms with Crippen LogP contribution in [0.2, 0.25) is 0 Å². The fourth-order valence-corrected chi connectivity index (χ4v) is 2.58. The minimum absolute atomic E-state index is 0.768. The molecule has 3 heteroatoms. The third-order valence-electron chi connectivity index (χ3n) is 3.63. The Hall–Kier alpha value is -1.74. The van der Waals surface area contributed by atoms with E-state index in [2.05, 4.69) is 33.5 Å². The fraction of sp³-hybridized carbons (Fsp3) is 0.375. The molecular formula is C16H19N3. The molecule has 3 nitrogen and oxygen atoms in total. The molecule has 1 aliphatic rings. The first-order chi connectivity index (χ1) is 9.31. The molecule has 1 aliphatic carbocycles. The summed E-state index contributed by atoms with van der Waals surface area (Å²) in [4.78, 5) is 8.59. The van der Waals surface area contributed by atoms with Crippen molar-refractivity contribution in [2.75, 3.05) is 0 Å². The van der Waals surface area contributed by atoms with Crippen LogP contribution in [0, 0.1) is 6.92 Å². The van der Waals surface area contributed by atoms with Gasteiger partial charge in [-0.1, -0.05) is 18.2 Å². The van der Waals surface area contributed by atoms with Gasteiger partial charge < -0.3 is 5.32 Å². The van der Waals surface area contributed by atoms with Gasteiger partial charge in [0.2, 0.25) is 0 Å². The van der Waals surface area contributed by atoms with Crippen LogP contribution in [0.5, 0.6) is 0 Å². The van der Waals surface area contributed by atoms with Gasteiger partial charge in [-0.15, -0.1) is 0 Å². The maximum absolute atomic E-state index is 4.34. The van der Waals surface area contributed by atoms with Crippen molar-refractivity contribution in [3.8, 4) is 0 Å². The van der Waals surface area contributed by atoms with Crippen molar-refractivity contribution in [3.63, 3.8) is 0 Å². The zero-order valence-corrected chi connectivity index (χ0v) is 11.3. The van der Waals surface area contributed by atoms with Crippen LogP contribution in [-0.4, -0.2) is 9.97 Å². The SMILES string of the molecule is Cc1cnc(CNCc2ccc3c(c2)CCC3)cn1. The Kier molecular flexibility index (Phi) is 3.56. The van der Waals surface area contributed by atoms with E-state index in [1.807, 2.05) is 19.3 Å². The predicted molar refractivity (Wildman–Crippen MR) is 75.8 cm³/mol. The number of hydrogen-bond acceptors (Lipinski definition) is 3. The number of nitrogens with zero attached hydrogens (tertiary/aromatic N) is 2. The summed E-state index contributed by atoms with van der Waals surface area (Å²) in [5.41, 5.74) is 6.39. The second-order valence-electron chi connectivity index (χ2n) is 5.21. The van der Waals surface area contributed by atoms with Gasteiger partial charge in [0.25, 0.3) is 0 Å². The van der Waals surface area contributed by atoms with Gasteiger partial charge in [-0.25, -0.2) is 0 Å². The van der Waals surface area contributed by atoms with Crippen LogP contribution in [0.1, 0.15) is 34.5 Å². The summed E-state index contributed by atoms with van der Waals surface area (Å²) < 4.78 is 0. The van der Waals surface area contributed by atoms with E-state index in [1.165, 1.54) is 36.0 Å². The lowest BCUT2D eigenvalue weighted by Crippen LogP contribution is -2.14. The minimum atomic E-state index is 0.768. The molecule has 19 heavy (non-hydrogen) atoms. The molecule has 1 aromatic carbocycles. The fourth-order valence-electron chi connectivity index (χ4n) is 2.58. The average Bonchev–Trinajstić information content (AvgIpc) is 2.88. The molecule has 98 valence electrons. The van der Waals surface area contributed by atoms with Gasteiger partial charge in [-0.05, 0) is 42.9 Å². The van der Waals surface area contributed by atoms with Crippen molar-refractivity contribution in [1.82, 2.24) is 15.3 Å². The summed E-state index contributed by atoms with van der Waals surface area (Å²) in [5.74, 6) is 0. The second-order valence-corrected chi connectivity index (χ2v) is 5.21. The number of benzene rings is 1. The Morgan fingerprint density at radius 3 is 2.79 bits per heavy atom. The Morgan fingerprint density at radius 1 is 1.05 bits per heavy atom.